The van der Waals surface area contributed by atoms with Gasteiger partial charge < -0.3 is 16.0 Å². The van der Waals surface area contributed by atoms with E-state index in [1.807, 2.05) is 67.6 Å². The van der Waals surface area contributed by atoms with Crippen molar-refractivity contribution in [2.24, 2.45) is 0 Å². The van der Waals surface area contributed by atoms with Crippen LogP contribution < -0.4 is 16.0 Å². The Morgan fingerprint density at radius 2 is 1.55 bits per heavy atom. The molecule has 8 heteroatoms. The number of hydrogen-bond acceptors (Lipinski definition) is 6. The van der Waals surface area contributed by atoms with E-state index in [-0.39, 0.29) is 5.91 Å². The lowest BCUT2D eigenvalue weighted by Gasteiger charge is -2.10. The normalized spacial score (nSPS) is 10.7. The highest BCUT2D eigenvalue weighted by atomic mass is 35.5. The molecule has 0 bridgehead atoms. The van der Waals surface area contributed by atoms with Crippen molar-refractivity contribution in [2.45, 2.75) is 6.92 Å². The van der Waals surface area contributed by atoms with E-state index in [0.29, 0.717) is 34.0 Å². The Morgan fingerprint density at radius 3 is 2.27 bits per heavy atom. The lowest BCUT2D eigenvalue weighted by Crippen LogP contribution is -2.07. The summed E-state index contributed by atoms with van der Waals surface area (Å²) in [4.78, 5) is 25.3. The average molecular weight is 457 g/mol. The molecule has 0 aliphatic rings. The molecule has 33 heavy (non-hydrogen) atoms. The first-order valence-corrected chi connectivity index (χ1v) is 10.6. The van der Waals surface area contributed by atoms with Crippen LogP contribution in [0.2, 0.25) is 5.02 Å². The minimum atomic E-state index is -0.243. The first-order chi connectivity index (χ1) is 16.0. The second-order valence-electron chi connectivity index (χ2n) is 7.07. The van der Waals surface area contributed by atoms with Gasteiger partial charge in [-0.15, -0.1) is 0 Å². The van der Waals surface area contributed by atoms with E-state index < -0.39 is 0 Å². The van der Waals surface area contributed by atoms with E-state index in [2.05, 4.69) is 30.9 Å². The van der Waals surface area contributed by atoms with Gasteiger partial charge in [-0.25, -0.2) is 15.0 Å². The fourth-order valence-electron chi connectivity index (χ4n) is 3.01. The molecule has 0 radical (unpaired) electrons. The van der Waals surface area contributed by atoms with Crippen LogP contribution in [0.15, 0.2) is 85.1 Å². The van der Waals surface area contributed by atoms with Crippen LogP contribution in [-0.4, -0.2) is 20.9 Å². The second kappa shape index (κ2) is 10.4. The summed E-state index contributed by atoms with van der Waals surface area (Å²) in [6.45, 7) is 1.82. The van der Waals surface area contributed by atoms with Crippen LogP contribution in [0, 0.1) is 6.92 Å². The zero-order valence-corrected chi connectivity index (χ0v) is 18.5. The number of amides is 1. The number of halogens is 1. The molecule has 0 atom stereocenters. The number of nitrogens with zero attached hydrogens (tertiary/aromatic N) is 3. The van der Waals surface area contributed by atoms with Gasteiger partial charge in [0, 0.05) is 34.7 Å². The maximum atomic E-state index is 12.2. The Hall–Kier alpha value is -4.23. The maximum Gasteiger partial charge on any atom is 0.248 e. The predicted molar refractivity (Wildman–Crippen MR) is 133 cm³/mol. The van der Waals surface area contributed by atoms with Gasteiger partial charge in [-0.1, -0.05) is 35.9 Å². The number of hydrogen-bond donors (Lipinski definition) is 3. The molecule has 0 spiro atoms. The zero-order chi connectivity index (χ0) is 23.0. The van der Waals surface area contributed by atoms with Crippen LogP contribution >= 0.6 is 11.6 Å². The minimum Gasteiger partial charge on any atom is -0.340 e. The number of aromatic nitrogens is 3. The number of aryl methyl sites for hydroxylation is 1. The molecular formula is C25H21ClN6O. The number of nitrogens with one attached hydrogen (secondary N) is 3. The van der Waals surface area contributed by atoms with Crippen molar-refractivity contribution in [1.82, 2.24) is 15.0 Å². The van der Waals surface area contributed by atoms with Crippen LogP contribution in [0.4, 0.5) is 28.8 Å². The number of pyridine rings is 1. The molecule has 0 aliphatic carbocycles. The van der Waals surface area contributed by atoms with Gasteiger partial charge >= 0.3 is 0 Å². The molecule has 164 valence electrons. The SMILES string of the molecule is Cc1nc(Nc2ccc(NC(=O)/C=C/c3ccccc3Cl)cc2)cc(Nc2ccccn2)n1. The van der Waals surface area contributed by atoms with Crippen LogP contribution in [-0.2, 0) is 4.79 Å². The monoisotopic (exact) mass is 456 g/mol. The number of anilines is 5. The lowest BCUT2D eigenvalue weighted by molar-refractivity contribution is -0.111. The van der Waals surface area contributed by atoms with E-state index in [1.165, 1.54) is 6.08 Å². The fourth-order valence-corrected chi connectivity index (χ4v) is 3.21. The molecule has 0 fully saturated rings. The summed E-state index contributed by atoms with van der Waals surface area (Å²) >= 11 is 6.11. The van der Waals surface area contributed by atoms with Gasteiger partial charge in [0.25, 0.3) is 0 Å². The summed E-state index contributed by atoms with van der Waals surface area (Å²) < 4.78 is 0. The van der Waals surface area contributed by atoms with Gasteiger partial charge in [-0.2, -0.15) is 0 Å². The smallest absolute Gasteiger partial charge is 0.248 e. The van der Waals surface area contributed by atoms with Gasteiger partial charge in [-0.05, 0) is 61.0 Å². The topological polar surface area (TPSA) is 91.8 Å². The highest BCUT2D eigenvalue weighted by Gasteiger charge is 2.05. The van der Waals surface area contributed by atoms with Crippen LogP contribution in [0.5, 0.6) is 0 Å². The van der Waals surface area contributed by atoms with Crippen molar-refractivity contribution in [3.05, 3.63) is 101 Å². The summed E-state index contributed by atoms with van der Waals surface area (Å²) in [6.07, 6.45) is 4.84. The molecular weight excluding hydrogens is 436 g/mol. The van der Waals surface area contributed by atoms with Gasteiger partial charge in [0.2, 0.25) is 5.91 Å². The highest BCUT2D eigenvalue weighted by Crippen LogP contribution is 2.21. The fraction of sp³-hybridized carbons (Fsp3) is 0.0400. The standard InChI is InChI=1S/C25H21ClN6O/c1-17-28-23(16-24(29-17)32-22-8-4-5-15-27-22)30-19-10-12-20(13-11-19)31-25(33)14-9-18-6-2-3-7-21(18)26/h2-16H,1H3,(H,31,33)(H2,27,28,29,30,32)/b14-9+. The summed E-state index contributed by atoms with van der Waals surface area (Å²) in [6, 6.07) is 22.1. The first-order valence-electron chi connectivity index (χ1n) is 10.2. The minimum absolute atomic E-state index is 0.243. The Balaban J connectivity index is 1.38. The molecule has 0 saturated heterocycles. The summed E-state index contributed by atoms with van der Waals surface area (Å²) in [5, 5.41) is 9.84. The molecule has 2 heterocycles. The highest BCUT2D eigenvalue weighted by molar-refractivity contribution is 6.32. The third-order valence-electron chi connectivity index (χ3n) is 4.50. The van der Waals surface area contributed by atoms with Crippen LogP contribution in [0.3, 0.4) is 0 Å². The zero-order valence-electron chi connectivity index (χ0n) is 17.8. The summed E-state index contributed by atoms with van der Waals surface area (Å²) in [5.41, 5.74) is 2.28. The van der Waals surface area contributed by atoms with Gasteiger partial charge in [-0.3, -0.25) is 4.79 Å². The summed E-state index contributed by atoms with van der Waals surface area (Å²) in [7, 11) is 0. The molecule has 1 amide bonds. The number of carbonyl (C=O) groups is 1. The molecule has 4 aromatic rings. The Morgan fingerprint density at radius 1 is 0.848 bits per heavy atom. The van der Waals surface area contributed by atoms with Gasteiger partial charge in [0.05, 0.1) is 0 Å². The molecule has 4 rings (SSSR count). The van der Waals surface area contributed by atoms with Crippen molar-refractivity contribution in [2.75, 3.05) is 16.0 Å². The average Bonchev–Trinajstić information content (AvgIpc) is 2.80. The van der Waals surface area contributed by atoms with E-state index in [0.717, 1.165) is 11.3 Å². The van der Waals surface area contributed by atoms with E-state index in [1.54, 1.807) is 24.4 Å². The van der Waals surface area contributed by atoms with Crippen molar-refractivity contribution in [3.63, 3.8) is 0 Å². The molecule has 2 aromatic heterocycles. The second-order valence-corrected chi connectivity index (χ2v) is 7.48. The molecule has 7 nitrogen and oxygen atoms in total. The van der Waals surface area contributed by atoms with E-state index in [9.17, 15) is 4.79 Å². The van der Waals surface area contributed by atoms with Crippen LogP contribution in [0.1, 0.15) is 11.4 Å². The third kappa shape index (κ3) is 6.38. The number of carbonyl (C=O) groups excluding carboxylic acids is 1. The van der Waals surface area contributed by atoms with Crippen molar-refractivity contribution in [3.8, 4) is 0 Å². The van der Waals surface area contributed by atoms with E-state index in [4.69, 9.17) is 11.6 Å². The lowest BCUT2D eigenvalue weighted by atomic mass is 10.2. The molecule has 2 aromatic carbocycles. The van der Waals surface area contributed by atoms with E-state index >= 15 is 0 Å². The van der Waals surface area contributed by atoms with Gasteiger partial charge in [0.15, 0.2) is 0 Å². The Kier molecular flexibility index (Phi) is 6.92. The van der Waals surface area contributed by atoms with Crippen molar-refractivity contribution < 1.29 is 4.79 Å². The van der Waals surface area contributed by atoms with Crippen molar-refractivity contribution >= 4 is 52.4 Å². The molecule has 0 saturated carbocycles. The summed E-state index contributed by atoms with van der Waals surface area (Å²) in [5.74, 6) is 2.35. The van der Waals surface area contributed by atoms with Crippen molar-refractivity contribution in [1.29, 1.82) is 0 Å². The predicted octanol–water partition coefficient (Wildman–Crippen LogP) is 5.97. The largest absolute Gasteiger partial charge is 0.340 e. The molecule has 3 N–H and O–H groups in total. The number of benzene rings is 2. The molecule has 0 unspecified atom stereocenters. The Bertz CT molecular complexity index is 1280. The van der Waals surface area contributed by atoms with Gasteiger partial charge in [0.1, 0.15) is 23.3 Å². The molecule has 0 aliphatic heterocycles. The number of rotatable bonds is 7. The first kappa shape index (κ1) is 22.0. The third-order valence-corrected chi connectivity index (χ3v) is 4.85. The Labute approximate surface area is 196 Å². The maximum absolute atomic E-state index is 12.2. The van der Waals surface area contributed by atoms with Crippen LogP contribution in [0.25, 0.3) is 6.08 Å². The quantitative estimate of drug-likeness (QED) is 0.296.